The molecular weight excluding hydrogens is 696 g/mol. The lowest BCUT2D eigenvalue weighted by molar-refractivity contribution is -0.149. The van der Waals surface area contributed by atoms with E-state index in [4.69, 9.17) is 15.2 Å². The summed E-state index contributed by atoms with van der Waals surface area (Å²) in [6, 6.07) is 4.35. The summed E-state index contributed by atoms with van der Waals surface area (Å²) in [6.45, 7) is 4.60. The van der Waals surface area contributed by atoms with Gasteiger partial charge in [0, 0.05) is 16.8 Å². The number of aromatic hydroxyl groups is 1. The Bertz CT molecular complexity index is 1760. The molecule has 0 aromatic heterocycles. The molecule has 3 fully saturated rings. The number of methoxy groups -OCH3 is 1. The summed E-state index contributed by atoms with van der Waals surface area (Å²) in [7, 11) is 1.28. The Morgan fingerprint density at radius 1 is 1.06 bits per heavy atom. The maximum atomic E-state index is 13.8. The highest BCUT2D eigenvalue weighted by Gasteiger charge is 2.46. The van der Waals surface area contributed by atoms with E-state index in [1.165, 1.54) is 27.0 Å². The van der Waals surface area contributed by atoms with Crippen LogP contribution in [0.2, 0.25) is 0 Å². The number of carbonyl (C=O) groups is 2. The van der Waals surface area contributed by atoms with Crippen molar-refractivity contribution in [1.82, 2.24) is 9.80 Å². The predicted octanol–water partition coefficient (Wildman–Crippen LogP) is 7.23. The number of hydrogen-bond donors (Lipinski definition) is 2. The van der Waals surface area contributed by atoms with Crippen molar-refractivity contribution in [2.45, 2.75) is 63.0 Å². The molecule has 3 aliphatic rings. The van der Waals surface area contributed by atoms with Gasteiger partial charge in [0.1, 0.15) is 17.7 Å². The standard InChI is InChI=1S/C34H34F8N4O5/c1-16(43)28(25-11-19(5-6-27(25)47)20-7-22(8-20)30(48)50-4)26(44-18(3)45-14-32(35,36)15-45)13-46-17(2)29(51-31(46)49)21-9-23(33(37,38)39)12-24(10-21)34(40,41)42/h5-6,9-12,17,20,22,29,47H,3,7-8,13-15,43H2,1-2,4H3/b28-16-,44-26?/t17-,20?,22?,29-/m0/s1. The molecule has 0 radical (unpaired) electrons. The molecule has 3 N–H and O–H groups in total. The summed E-state index contributed by atoms with van der Waals surface area (Å²) in [4.78, 5) is 31.8. The minimum atomic E-state index is -5.15. The highest BCUT2D eigenvalue weighted by atomic mass is 19.4. The molecule has 0 bridgehead atoms. The van der Waals surface area contributed by atoms with E-state index >= 15 is 0 Å². The van der Waals surface area contributed by atoms with Gasteiger partial charge in [-0.15, -0.1) is 0 Å². The number of phenolic OH excluding ortho intramolecular Hbond substituents is 1. The van der Waals surface area contributed by atoms with Crippen molar-refractivity contribution >= 4 is 23.3 Å². The first kappa shape index (κ1) is 37.4. The summed E-state index contributed by atoms with van der Waals surface area (Å²) >= 11 is 0. The van der Waals surface area contributed by atoms with Gasteiger partial charge in [-0.05, 0) is 74.1 Å². The van der Waals surface area contributed by atoms with Gasteiger partial charge >= 0.3 is 24.4 Å². The van der Waals surface area contributed by atoms with Crippen LogP contribution in [0.4, 0.5) is 39.9 Å². The zero-order valence-electron chi connectivity index (χ0n) is 27.5. The third kappa shape index (κ3) is 7.76. The van der Waals surface area contributed by atoms with Crippen molar-refractivity contribution in [2.24, 2.45) is 16.6 Å². The number of hydrogen-bond acceptors (Lipinski definition) is 8. The molecule has 9 nitrogen and oxygen atoms in total. The first-order valence-electron chi connectivity index (χ1n) is 15.6. The summed E-state index contributed by atoms with van der Waals surface area (Å²) in [5, 5.41) is 11.0. The van der Waals surface area contributed by atoms with Crippen molar-refractivity contribution in [3.05, 3.63) is 82.3 Å². The smallest absolute Gasteiger partial charge is 0.416 e. The number of allylic oxidation sites excluding steroid dienone is 1. The quantitative estimate of drug-likeness (QED) is 0.159. The average molecular weight is 731 g/mol. The molecule has 1 saturated carbocycles. The van der Waals surface area contributed by atoms with Crippen molar-refractivity contribution in [3.8, 4) is 5.75 Å². The average Bonchev–Trinajstić information content (AvgIpc) is 3.27. The molecular formula is C34H34F8N4O5. The molecule has 2 atom stereocenters. The number of carbonyl (C=O) groups excluding carboxylic acids is 2. The number of ether oxygens (including phenoxy) is 2. The number of halogens is 8. The van der Waals surface area contributed by atoms with Crippen molar-refractivity contribution in [3.63, 3.8) is 0 Å². The third-order valence-electron chi connectivity index (χ3n) is 9.24. The van der Waals surface area contributed by atoms with E-state index in [0.29, 0.717) is 30.5 Å². The van der Waals surface area contributed by atoms with Crippen LogP contribution in [0.5, 0.6) is 5.75 Å². The molecule has 0 spiro atoms. The second-order valence-electron chi connectivity index (χ2n) is 12.9. The number of alkyl halides is 8. The number of likely N-dealkylation sites (tertiary alicyclic amines) is 1. The molecule has 17 heteroatoms. The van der Waals surface area contributed by atoms with Crippen LogP contribution in [0.1, 0.15) is 66.5 Å². The zero-order valence-corrected chi connectivity index (χ0v) is 27.5. The maximum Gasteiger partial charge on any atom is 0.416 e. The molecule has 1 aliphatic carbocycles. The molecule has 2 aliphatic heterocycles. The maximum absolute atomic E-state index is 13.8. The van der Waals surface area contributed by atoms with Gasteiger partial charge in [-0.25, -0.2) is 18.6 Å². The third-order valence-corrected chi connectivity index (χ3v) is 9.24. The largest absolute Gasteiger partial charge is 0.507 e. The Balaban J connectivity index is 1.52. The van der Waals surface area contributed by atoms with Gasteiger partial charge in [0.2, 0.25) is 0 Å². The number of benzene rings is 2. The number of nitrogens with zero attached hydrogens (tertiary/aromatic N) is 3. The Hall–Kier alpha value is -4.83. The Kier molecular flexibility index (Phi) is 9.82. The van der Waals surface area contributed by atoms with Gasteiger partial charge in [0.25, 0.3) is 5.92 Å². The van der Waals surface area contributed by atoms with Gasteiger partial charge in [-0.1, -0.05) is 12.6 Å². The highest BCUT2D eigenvalue weighted by molar-refractivity contribution is 6.26. The molecule has 51 heavy (non-hydrogen) atoms. The lowest BCUT2D eigenvalue weighted by atomic mass is 9.71. The number of aliphatic imine (C=N–C) groups is 1. The van der Waals surface area contributed by atoms with Crippen molar-refractivity contribution < 1.29 is 59.3 Å². The monoisotopic (exact) mass is 730 g/mol. The first-order valence-corrected chi connectivity index (χ1v) is 15.6. The summed E-state index contributed by atoms with van der Waals surface area (Å²) in [5.41, 5.74) is 3.43. The molecule has 2 saturated heterocycles. The van der Waals surface area contributed by atoms with E-state index in [1.807, 2.05) is 0 Å². The topological polar surface area (TPSA) is 118 Å². The molecule has 1 amide bonds. The van der Waals surface area contributed by atoms with Gasteiger partial charge in [0.15, 0.2) is 0 Å². The highest BCUT2D eigenvalue weighted by Crippen LogP contribution is 2.45. The zero-order chi connectivity index (χ0) is 37.8. The van der Waals surface area contributed by atoms with E-state index < -0.39 is 72.8 Å². The fourth-order valence-electron chi connectivity index (χ4n) is 6.41. The number of esters is 1. The van der Waals surface area contributed by atoms with E-state index in [-0.39, 0.29) is 58.0 Å². The minimum Gasteiger partial charge on any atom is -0.507 e. The summed E-state index contributed by atoms with van der Waals surface area (Å²) < 4.78 is 119. The number of rotatable bonds is 9. The number of amides is 1. The van der Waals surface area contributed by atoms with Crippen LogP contribution in [-0.2, 0) is 26.6 Å². The second kappa shape index (κ2) is 13.4. The molecule has 276 valence electrons. The van der Waals surface area contributed by atoms with Gasteiger partial charge < -0.3 is 25.2 Å². The van der Waals surface area contributed by atoms with Crippen LogP contribution in [0.15, 0.2) is 59.5 Å². The molecule has 5 rings (SSSR count). The Morgan fingerprint density at radius 3 is 2.16 bits per heavy atom. The van der Waals surface area contributed by atoms with Crippen LogP contribution in [0.3, 0.4) is 0 Å². The predicted molar refractivity (Wildman–Crippen MR) is 167 cm³/mol. The second-order valence-corrected chi connectivity index (χ2v) is 12.9. The van der Waals surface area contributed by atoms with E-state index in [1.54, 1.807) is 12.1 Å². The van der Waals surface area contributed by atoms with Gasteiger partial charge in [0.05, 0.1) is 55.5 Å². The summed E-state index contributed by atoms with van der Waals surface area (Å²) in [5.74, 6) is -4.24. The van der Waals surface area contributed by atoms with Crippen molar-refractivity contribution in [2.75, 3.05) is 26.7 Å². The van der Waals surface area contributed by atoms with Crippen LogP contribution in [0.25, 0.3) is 5.57 Å². The van der Waals surface area contributed by atoms with E-state index in [0.717, 1.165) is 9.80 Å². The van der Waals surface area contributed by atoms with E-state index in [9.17, 15) is 49.8 Å². The van der Waals surface area contributed by atoms with Crippen LogP contribution >= 0.6 is 0 Å². The van der Waals surface area contributed by atoms with E-state index in [2.05, 4.69) is 11.6 Å². The van der Waals surface area contributed by atoms with Gasteiger partial charge in [-0.2, -0.15) is 26.3 Å². The SMILES string of the molecule is C=C(N=C(CN1C(=O)O[C@H](c2cc(C(F)(F)F)cc(C(F)(F)F)c2)[C@@H]1C)/C(=C(/C)N)c1cc(C2CC(C(=O)OC)C2)ccc1O)N1CC(F)(F)C1. The fraction of sp³-hybridized carbons (Fsp3) is 0.441. The number of nitrogens with two attached hydrogens (primary N) is 1. The lowest BCUT2D eigenvalue weighted by Gasteiger charge is -2.40. The first-order chi connectivity index (χ1) is 23.6. The lowest BCUT2D eigenvalue weighted by Crippen LogP contribution is -2.55. The minimum absolute atomic E-state index is 0.0424. The Morgan fingerprint density at radius 2 is 1.65 bits per heavy atom. The molecule has 2 heterocycles. The molecule has 2 aromatic rings. The van der Waals surface area contributed by atoms with Crippen LogP contribution in [0, 0.1) is 5.92 Å². The summed E-state index contributed by atoms with van der Waals surface area (Å²) in [6.07, 6.45) is -12.1. The number of cyclic esters (lactones) is 1. The van der Waals surface area contributed by atoms with Crippen LogP contribution < -0.4 is 5.73 Å². The van der Waals surface area contributed by atoms with Crippen molar-refractivity contribution in [1.29, 1.82) is 0 Å². The Labute approximate surface area is 287 Å². The molecule has 0 unspecified atom stereocenters. The molecule has 2 aromatic carbocycles. The fourth-order valence-corrected chi connectivity index (χ4v) is 6.41. The van der Waals surface area contributed by atoms with Gasteiger partial charge in [-0.3, -0.25) is 9.69 Å². The van der Waals surface area contributed by atoms with Crippen LogP contribution in [-0.4, -0.2) is 71.4 Å². The normalized spacial score (nSPS) is 24.0. The number of phenols is 1.